The third-order valence-corrected chi connectivity index (χ3v) is 16.4. The molecule has 3 heterocycles. The highest BCUT2D eigenvalue weighted by Crippen LogP contribution is 2.60. The van der Waals surface area contributed by atoms with Crippen molar-refractivity contribution in [3.05, 3.63) is 272 Å². The summed E-state index contributed by atoms with van der Waals surface area (Å²) in [5, 5.41) is 35.2. The van der Waals surface area contributed by atoms with E-state index in [2.05, 4.69) is 253 Å². The van der Waals surface area contributed by atoms with E-state index in [-0.39, 0.29) is 16.7 Å². The quantitative estimate of drug-likeness (QED) is 0.143. The molecule has 0 amide bonds. The molecule has 0 aliphatic carbocycles. The fourth-order valence-corrected chi connectivity index (χ4v) is 13.4. The predicted octanol–water partition coefficient (Wildman–Crippen LogP) is 18.9. The number of fused-ring (bicyclic) bond motifs is 6. The Labute approximate surface area is 465 Å². The van der Waals surface area contributed by atoms with Crippen LogP contribution >= 0.6 is 11.3 Å². The standard InChI is InChI=1S/C73H42N6S/c74-41-46-39-53(42-75)60(54(40-46)43-76)55-44-77-73(78-45-55)69-68-67-63(49-27-11-3-12-28-49)61(47-23-7-1-8-24-47)62(48-25-9-2-10-26-48)65(51-31-15-5-16-32-51)71(67)80-72(68)66(52-33-17-6-18-34-52)64(50-29-13-4-14-30-50)70(69)79-58-37-21-19-35-56(58)57-36-20-22-38-59(57)79/h1-40,44-45H. The largest absolute Gasteiger partial charge is 0.308 e. The van der Waals surface area contributed by atoms with Crippen LogP contribution in [0.15, 0.2) is 255 Å². The molecule has 14 rings (SSSR count). The molecule has 3 aromatic heterocycles. The first-order valence-electron chi connectivity index (χ1n) is 26.3. The maximum Gasteiger partial charge on any atom is 0.161 e. The summed E-state index contributed by atoms with van der Waals surface area (Å²) in [6, 6.07) is 91.5. The van der Waals surface area contributed by atoms with Gasteiger partial charge in [-0.3, -0.25) is 0 Å². The van der Waals surface area contributed by atoms with Crippen LogP contribution in [-0.4, -0.2) is 14.5 Å². The minimum atomic E-state index is 0.191. The molecule has 7 heteroatoms. The third-order valence-electron chi connectivity index (χ3n) is 15.2. The average Bonchev–Trinajstić information content (AvgIpc) is 3.22. The Bertz CT molecular complexity index is 4770. The van der Waals surface area contributed by atoms with E-state index in [0.29, 0.717) is 17.0 Å². The molecular weight excluding hydrogens is 993 g/mol. The summed E-state index contributed by atoms with van der Waals surface area (Å²) in [5.74, 6) is 0.450. The number of hydrogen-bond donors (Lipinski definition) is 0. The van der Waals surface area contributed by atoms with Gasteiger partial charge in [-0.05, 0) is 74.3 Å². The molecule has 0 aliphatic rings. The Balaban J connectivity index is 1.30. The number of thiophene rings is 1. The van der Waals surface area contributed by atoms with Crippen molar-refractivity contribution < 1.29 is 0 Å². The lowest BCUT2D eigenvalue weighted by molar-refractivity contribution is 1.14. The van der Waals surface area contributed by atoms with Crippen LogP contribution in [0.5, 0.6) is 0 Å². The Morgan fingerprint density at radius 3 is 1.10 bits per heavy atom. The van der Waals surface area contributed by atoms with Crippen LogP contribution in [0.4, 0.5) is 0 Å². The van der Waals surface area contributed by atoms with Crippen molar-refractivity contribution in [2.75, 3.05) is 0 Å². The van der Waals surface area contributed by atoms with E-state index < -0.39 is 0 Å². The van der Waals surface area contributed by atoms with Crippen LogP contribution in [0.1, 0.15) is 16.7 Å². The highest BCUT2D eigenvalue weighted by molar-refractivity contribution is 7.27. The number of benzene rings is 11. The van der Waals surface area contributed by atoms with Crippen LogP contribution < -0.4 is 0 Å². The molecule has 0 aliphatic heterocycles. The van der Waals surface area contributed by atoms with Crippen LogP contribution in [0.3, 0.4) is 0 Å². The first kappa shape index (κ1) is 47.4. The summed E-state index contributed by atoms with van der Waals surface area (Å²) in [6.45, 7) is 0. The van der Waals surface area contributed by atoms with E-state index >= 15 is 0 Å². The molecule has 370 valence electrons. The van der Waals surface area contributed by atoms with E-state index in [9.17, 15) is 15.8 Å². The van der Waals surface area contributed by atoms with E-state index in [1.165, 1.54) is 12.1 Å². The van der Waals surface area contributed by atoms with Crippen molar-refractivity contribution in [1.82, 2.24) is 14.5 Å². The highest BCUT2D eigenvalue weighted by Gasteiger charge is 2.34. The molecular formula is C73H42N6S. The van der Waals surface area contributed by atoms with Crippen LogP contribution in [0.2, 0.25) is 0 Å². The lowest BCUT2D eigenvalue weighted by Gasteiger charge is -2.25. The topological polar surface area (TPSA) is 102 Å². The van der Waals surface area contributed by atoms with Crippen molar-refractivity contribution in [1.29, 1.82) is 15.8 Å². The Kier molecular flexibility index (Phi) is 11.8. The zero-order valence-electron chi connectivity index (χ0n) is 42.8. The van der Waals surface area contributed by atoms with Crippen LogP contribution in [0, 0.1) is 34.0 Å². The SMILES string of the molecule is N#Cc1cc(C#N)c(-c2cnc(-c3c(-n4c5ccccc5c5ccccc54)c(-c4ccccc4)c(-c4ccccc4)c4sc5c(-c6ccccc6)c(-c6ccccc6)c(-c6ccccc6)c(-c6ccccc6)c5c34)nc2)c(C#N)c1. The van der Waals surface area contributed by atoms with Crippen molar-refractivity contribution in [3.63, 3.8) is 0 Å². The van der Waals surface area contributed by atoms with Crippen molar-refractivity contribution >= 4 is 53.3 Å². The van der Waals surface area contributed by atoms with Gasteiger partial charge in [0.05, 0.1) is 57.2 Å². The summed E-state index contributed by atoms with van der Waals surface area (Å²) in [7, 11) is 0. The molecule has 6 nitrogen and oxygen atoms in total. The second-order valence-corrected chi connectivity index (χ2v) is 20.6. The zero-order valence-corrected chi connectivity index (χ0v) is 43.7. The Morgan fingerprint density at radius 1 is 0.325 bits per heavy atom. The molecule has 0 spiro atoms. The maximum absolute atomic E-state index is 10.5. The van der Waals surface area contributed by atoms with Gasteiger partial charge in [-0.1, -0.05) is 218 Å². The number of rotatable bonds is 9. The lowest BCUT2D eigenvalue weighted by atomic mass is 9.79. The molecule has 11 aromatic carbocycles. The number of aromatic nitrogens is 3. The minimum absolute atomic E-state index is 0.191. The van der Waals surface area contributed by atoms with Crippen molar-refractivity contribution in [2.24, 2.45) is 0 Å². The summed E-state index contributed by atoms with van der Waals surface area (Å²) < 4.78 is 4.59. The molecule has 0 radical (unpaired) electrons. The van der Waals surface area contributed by atoms with Crippen molar-refractivity contribution in [3.8, 4) is 113 Å². The van der Waals surface area contributed by atoms with Gasteiger partial charge in [-0.2, -0.15) is 15.8 Å². The second kappa shape index (κ2) is 19.8. The number of hydrogen-bond acceptors (Lipinski definition) is 6. The fraction of sp³-hybridized carbons (Fsp3) is 0. The first-order chi connectivity index (χ1) is 39.6. The molecule has 0 unspecified atom stereocenters. The Morgan fingerprint density at radius 2 is 0.675 bits per heavy atom. The molecule has 0 bridgehead atoms. The monoisotopic (exact) mass is 1030 g/mol. The molecule has 0 saturated heterocycles. The van der Waals surface area contributed by atoms with Gasteiger partial charge in [0.15, 0.2) is 5.82 Å². The van der Waals surface area contributed by atoms with Gasteiger partial charge in [0.1, 0.15) is 0 Å². The van der Waals surface area contributed by atoms with Gasteiger partial charge >= 0.3 is 0 Å². The lowest BCUT2D eigenvalue weighted by Crippen LogP contribution is -2.05. The van der Waals surface area contributed by atoms with E-state index in [4.69, 9.17) is 9.97 Å². The van der Waals surface area contributed by atoms with Gasteiger partial charge in [0, 0.05) is 71.2 Å². The maximum atomic E-state index is 10.5. The van der Waals surface area contributed by atoms with Gasteiger partial charge in [0.25, 0.3) is 0 Å². The predicted molar refractivity (Wildman–Crippen MR) is 327 cm³/mol. The number of para-hydroxylation sites is 2. The smallest absolute Gasteiger partial charge is 0.161 e. The average molecular weight is 1040 g/mol. The minimum Gasteiger partial charge on any atom is -0.308 e. The van der Waals surface area contributed by atoms with Crippen LogP contribution in [0.25, 0.3) is 137 Å². The number of nitriles is 3. The van der Waals surface area contributed by atoms with E-state index in [0.717, 1.165) is 120 Å². The van der Waals surface area contributed by atoms with Crippen LogP contribution in [-0.2, 0) is 0 Å². The molecule has 0 fully saturated rings. The molecule has 14 aromatic rings. The number of nitrogens with zero attached hydrogens (tertiary/aromatic N) is 6. The van der Waals surface area contributed by atoms with E-state index in [1.54, 1.807) is 12.4 Å². The zero-order chi connectivity index (χ0) is 53.7. The highest BCUT2D eigenvalue weighted by atomic mass is 32.1. The third kappa shape index (κ3) is 7.67. The molecule has 0 saturated carbocycles. The first-order valence-corrected chi connectivity index (χ1v) is 27.1. The summed E-state index contributed by atoms with van der Waals surface area (Å²) >= 11 is 1.81. The van der Waals surface area contributed by atoms with Crippen molar-refractivity contribution in [2.45, 2.75) is 0 Å². The van der Waals surface area contributed by atoms with E-state index in [1.807, 2.05) is 11.3 Å². The fourth-order valence-electron chi connectivity index (χ4n) is 11.9. The second-order valence-electron chi connectivity index (χ2n) is 19.6. The Hall–Kier alpha value is -11.0. The summed E-state index contributed by atoms with van der Waals surface area (Å²) in [4.78, 5) is 10.9. The molecule has 80 heavy (non-hydrogen) atoms. The van der Waals surface area contributed by atoms with Gasteiger partial charge in [0.2, 0.25) is 0 Å². The van der Waals surface area contributed by atoms with Gasteiger partial charge < -0.3 is 4.57 Å². The van der Waals surface area contributed by atoms with Gasteiger partial charge in [-0.15, -0.1) is 11.3 Å². The normalized spacial score (nSPS) is 11.2. The summed E-state index contributed by atoms with van der Waals surface area (Å²) in [6.07, 6.45) is 3.45. The molecule has 0 N–H and O–H groups in total. The van der Waals surface area contributed by atoms with Gasteiger partial charge in [-0.25, -0.2) is 9.97 Å². The molecule has 0 atom stereocenters. The summed E-state index contributed by atoms with van der Waals surface area (Å²) in [5.41, 5.74) is 18.0.